The molecule has 0 aliphatic heterocycles. The first-order chi connectivity index (χ1) is 30.5. The SMILES string of the molecule is CCCCCCCC/C=C\CCCCCCCC(=O)OCCCCC/C=C\C=C/CCCCCCCCC(=O)NC(CO)C(O)CCCCCCCCCCCCCCCCC. The van der Waals surface area contributed by atoms with E-state index in [0.717, 1.165) is 77.0 Å². The lowest BCUT2D eigenvalue weighted by molar-refractivity contribution is -0.143. The van der Waals surface area contributed by atoms with Gasteiger partial charge in [0.15, 0.2) is 0 Å². The number of unbranched alkanes of at least 4 members (excludes halogenated alkanes) is 34. The van der Waals surface area contributed by atoms with Crippen LogP contribution in [0, 0.1) is 0 Å². The molecule has 0 saturated heterocycles. The maximum absolute atomic E-state index is 12.5. The number of carbonyl (C=O) groups is 2. The number of aliphatic hydroxyl groups excluding tert-OH is 2. The minimum atomic E-state index is -0.679. The van der Waals surface area contributed by atoms with Gasteiger partial charge in [0.05, 0.1) is 25.4 Å². The van der Waals surface area contributed by atoms with E-state index in [1.807, 2.05) is 0 Å². The molecule has 0 aromatic carbocycles. The number of allylic oxidation sites excluding steroid dienone is 6. The summed E-state index contributed by atoms with van der Waals surface area (Å²) in [5, 5.41) is 23.2. The highest BCUT2D eigenvalue weighted by Gasteiger charge is 2.20. The molecule has 6 nitrogen and oxygen atoms in total. The minimum absolute atomic E-state index is 0.0298. The Balaban J connectivity index is 3.53. The smallest absolute Gasteiger partial charge is 0.305 e. The Bertz CT molecular complexity index is 1010. The largest absolute Gasteiger partial charge is 0.466 e. The number of amides is 1. The maximum Gasteiger partial charge on any atom is 0.305 e. The molecule has 0 aliphatic carbocycles. The van der Waals surface area contributed by atoms with Crippen LogP contribution >= 0.6 is 0 Å². The molecule has 2 unspecified atom stereocenters. The van der Waals surface area contributed by atoms with Crippen LogP contribution in [0.15, 0.2) is 36.5 Å². The highest BCUT2D eigenvalue weighted by atomic mass is 16.5. The standard InChI is InChI=1S/C56H105NO5/c1-3-5-7-9-11-13-15-17-20-24-28-32-36-40-44-48-54(59)53(52-58)57-55(60)49-45-41-37-33-29-25-22-19-23-27-31-35-39-43-47-51-62-56(61)50-46-42-38-34-30-26-21-18-16-14-12-10-8-6-4-2/h18-19,21,23,27,31,53-54,58-59H,3-17,20,22,24-26,28-30,32-52H2,1-2H3,(H,57,60)/b21-18-,23-19-,31-27-. The van der Waals surface area contributed by atoms with Crippen LogP contribution in [0.5, 0.6) is 0 Å². The van der Waals surface area contributed by atoms with Gasteiger partial charge in [0, 0.05) is 12.8 Å². The minimum Gasteiger partial charge on any atom is -0.466 e. The molecule has 0 heterocycles. The number of nitrogens with one attached hydrogen (secondary N) is 1. The van der Waals surface area contributed by atoms with Crippen LogP contribution in [-0.2, 0) is 14.3 Å². The van der Waals surface area contributed by atoms with Crippen molar-refractivity contribution >= 4 is 11.9 Å². The van der Waals surface area contributed by atoms with Crippen molar-refractivity contribution in [2.45, 2.75) is 296 Å². The van der Waals surface area contributed by atoms with Gasteiger partial charge in [0.25, 0.3) is 0 Å². The van der Waals surface area contributed by atoms with Crippen LogP contribution < -0.4 is 5.32 Å². The molecule has 0 fully saturated rings. The Labute approximate surface area is 385 Å². The number of rotatable bonds is 50. The van der Waals surface area contributed by atoms with Crippen molar-refractivity contribution < 1.29 is 24.5 Å². The lowest BCUT2D eigenvalue weighted by atomic mass is 10.0. The fourth-order valence-electron chi connectivity index (χ4n) is 8.21. The predicted octanol–water partition coefficient (Wildman–Crippen LogP) is 16.5. The summed E-state index contributed by atoms with van der Waals surface area (Å²) in [5.41, 5.74) is 0. The van der Waals surface area contributed by atoms with Gasteiger partial charge in [-0.2, -0.15) is 0 Å². The summed E-state index contributed by atoms with van der Waals surface area (Å²) in [7, 11) is 0. The van der Waals surface area contributed by atoms with Crippen LogP contribution in [0.3, 0.4) is 0 Å². The first-order valence-corrected chi connectivity index (χ1v) is 27.3. The summed E-state index contributed by atoms with van der Waals surface area (Å²) in [6, 6.07) is -0.558. The van der Waals surface area contributed by atoms with Crippen molar-refractivity contribution in [2.24, 2.45) is 0 Å². The normalized spacial score (nSPS) is 12.9. The van der Waals surface area contributed by atoms with Crippen molar-refractivity contribution in [3.8, 4) is 0 Å². The van der Waals surface area contributed by atoms with Crippen molar-refractivity contribution in [3.63, 3.8) is 0 Å². The average molecular weight is 872 g/mol. The molecule has 0 aliphatic rings. The van der Waals surface area contributed by atoms with Crippen molar-refractivity contribution in [1.82, 2.24) is 5.32 Å². The summed E-state index contributed by atoms with van der Waals surface area (Å²) in [4.78, 5) is 24.5. The van der Waals surface area contributed by atoms with Gasteiger partial charge in [0.1, 0.15) is 0 Å². The van der Waals surface area contributed by atoms with E-state index >= 15 is 0 Å². The summed E-state index contributed by atoms with van der Waals surface area (Å²) < 4.78 is 5.44. The van der Waals surface area contributed by atoms with Crippen LogP contribution in [0.1, 0.15) is 284 Å². The number of hydrogen-bond acceptors (Lipinski definition) is 5. The van der Waals surface area contributed by atoms with Gasteiger partial charge in [-0.1, -0.05) is 224 Å². The first-order valence-electron chi connectivity index (χ1n) is 27.3. The number of esters is 1. The second kappa shape index (κ2) is 51.7. The second-order valence-corrected chi connectivity index (χ2v) is 18.6. The third-order valence-electron chi connectivity index (χ3n) is 12.4. The number of aliphatic hydroxyl groups is 2. The highest BCUT2D eigenvalue weighted by molar-refractivity contribution is 5.76. The van der Waals surface area contributed by atoms with Crippen molar-refractivity contribution in [3.05, 3.63) is 36.5 Å². The fourth-order valence-corrected chi connectivity index (χ4v) is 8.21. The molecule has 1 amide bonds. The average Bonchev–Trinajstić information content (AvgIpc) is 3.27. The molecule has 0 bridgehead atoms. The molecular formula is C56H105NO5. The molecule has 0 rings (SSSR count). The van der Waals surface area contributed by atoms with Gasteiger partial charge in [-0.3, -0.25) is 9.59 Å². The Morgan fingerprint density at radius 2 is 0.806 bits per heavy atom. The van der Waals surface area contributed by atoms with Crippen LogP contribution in [0.2, 0.25) is 0 Å². The van der Waals surface area contributed by atoms with E-state index in [1.54, 1.807) is 0 Å². The summed E-state index contributed by atoms with van der Waals surface area (Å²) in [5.74, 6) is -0.0873. The molecule has 0 spiro atoms. The Kier molecular flexibility index (Phi) is 50.1. The molecule has 0 aromatic heterocycles. The van der Waals surface area contributed by atoms with E-state index < -0.39 is 12.1 Å². The van der Waals surface area contributed by atoms with Crippen LogP contribution in [-0.4, -0.2) is 47.4 Å². The summed E-state index contributed by atoms with van der Waals surface area (Å²) in [6.45, 7) is 4.89. The molecule has 0 radical (unpaired) electrons. The third kappa shape index (κ3) is 47.6. The predicted molar refractivity (Wildman–Crippen MR) is 269 cm³/mol. The maximum atomic E-state index is 12.5. The van der Waals surface area contributed by atoms with E-state index in [2.05, 4.69) is 55.6 Å². The van der Waals surface area contributed by atoms with E-state index in [4.69, 9.17) is 4.74 Å². The van der Waals surface area contributed by atoms with Gasteiger partial charge in [-0.25, -0.2) is 0 Å². The highest BCUT2D eigenvalue weighted by Crippen LogP contribution is 2.16. The van der Waals surface area contributed by atoms with Gasteiger partial charge < -0.3 is 20.3 Å². The molecule has 0 saturated carbocycles. The number of carbonyl (C=O) groups excluding carboxylic acids is 2. The molecule has 6 heteroatoms. The molecular weight excluding hydrogens is 767 g/mol. The van der Waals surface area contributed by atoms with E-state index in [9.17, 15) is 19.8 Å². The molecule has 0 aromatic rings. The monoisotopic (exact) mass is 872 g/mol. The van der Waals surface area contributed by atoms with Crippen LogP contribution in [0.25, 0.3) is 0 Å². The summed E-state index contributed by atoms with van der Waals surface area (Å²) in [6.07, 6.45) is 62.6. The Morgan fingerprint density at radius 3 is 1.24 bits per heavy atom. The van der Waals surface area contributed by atoms with Crippen molar-refractivity contribution in [1.29, 1.82) is 0 Å². The topological polar surface area (TPSA) is 95.9 Å². The zero-order chi connectivity index (χ0) is 45.1. The molecule has 62 heavy (non-hydrogen) atoms. The van der Waals surface area contributed by atoms with E-state index in [1.165, 1.54) is 173 Å². The Hall–Kier alpha value is -1.92. The second-order valence-electron chi connectivity index (χ2n) is 18.6. The van der Waals surface area contributed by atoms with Gasteiger partial charge in [-0.05, 0) is 83.5 Å². The number of hydrogen-bond donors (Lipinski definition) is 3. The zero-order valence-corrected chi connectivity index (χ0v) is 41.4. The molecule has 3 N–H and O–H groups in total. The molecule has 2 atom stereocenters. The van der Waals surface area contributed by atoms with Crippen LogP contribution in [0.4, 0.5) is 0 Å². The Morgan fingerprint density at radius 1 is 0.452 bits per heavy atom. The lowest BCUT2D eigenvalue weighted by Crippen LogP contribution is -2.45. The van der Waals surface area contributed by atoms with E-state index in [0.29, 0.717) is 25.9 Å². The van der Waals surface area contributed by atoms with Crippen molar-refractivity contribution in [2.75, 3.05) is 13.2 Å². The number of ether oxygens (including phenoxy) is 1. The van der Waals surface area contributed by atoms with Gasteiger partial charge >= 0.3 is 5.97 Å². The van der Waals surface area contributed by atoms with Gasteiger partial charge in [0.2, 0.25) is 5.91 Å². The third-order valence-corrected chi connectivity index (χ3v) is 12.4. The molecule has 364 valence electrons. The quantitative estimate of drug-likeness (QED) is 0.0245. The summed E-state index contributed by atoms with van der Waals surface area (Å²) >= 11 is 0. The lowest BCUT2D eigenvalue weighted by Gasteiger charge is -2.22. The first kappa shape index (κ1) is 60.1. The zero-order valence-electron chi connectivity index (χ0n) is 41.4. The van der Waals surface area contributed by atoms with E-state index in [-0.39, 0.29) is 18.5 Å². The van der Waals surface area contributed by atoms with Gasteiger partial charge in [-0.15, -0.1) is 0 Å². The fraction of sp³-hybridized carbons (Fsp3) is 0.857.